The van der Waals surface area contributed by atoms with Gasteiger partial charge in [-0.05, 0) is 60.9 Å². The number of ether oxygens (including phenoxy) is 2. The van der Waals surface area contributed by atoms with E-state index in [4.69, 9.17) is 23.9 Å². The maximum Gasteiger partial charge on any atom is 0.164 e. The SMILES string of the molecule is COc1cc2oc3c(c2cc1OC)CCN(CCc1ccc(Nc2nc(-c4cccnc4)nc4ccccc24)cc1)C3. The van der Waals surface area contributed by atoms with Crippen molar-refractivity contribution in [3.05, 3.63) is 102 Å². The molecule has 8 heteroatoms. The van der Waals surface area contributed by atoms with Gasteiger partial charge in [0.2, 0.25) is 0 Å². The Morgan fingerprint density at radius 1 is 0.905 bits per heavy atom. The summed E-state index contributed by atoms with van der Waals surface area (Å²) in [6, 6.07) is 24.5. The van der Waals surface area contributed by atoms with Crippen molar-refractivity contribution in [2.24, 2.45) is 0 Å². The summed E-state index contributed by atoms with van der Waals surface area (Å²) < 4.78 is 17.2. The zero-order chi connectivity index (χ0) is 28.5. The Morgan fingerprint density at radius 3 is 2.55 bits per heavy atom. The van der Waals surface area contributed by atoms with E-state index in [2.05, 4.69) is 39.5 Å². The minimum atomic E-state index is 0.647. The first-order valence-corrected chi connectivity index (χ1v) is 14.1. The first-order valence-electron chi connectivity index (χ1n) is 14.1. The van der Waals surface area contributed by atoms with E-state index < -0.39 is 0 Å². The predicted octanol–water partition coefficient (Wildman–Crippen LogP) is 6.80. The molecule has 0 aliphatic carbocycles. The smallest absolute Gasteiger partial charge is 0.164 e. The summed E-state index contributed by atoms with van der Waals surface area (Å²) in [5.74, 6) is 3.88. The second kappa shape index (κ2) is 11.1. The lowest BCUT2D eigenvalue weighted by Crippen LogP contribution is -2.31. The van der Waals surface area contributed by atoms with Crippen molar-refractivity contribution >= 4 is 33.4 Å². The fraction of sp³-hybridized carbons (Fsp3) is 0.206. The monoisotopic (exact) mass is 557 g/mol. The van der Waals surface area contributed by atoms with E-state index in [9.17, 15) is 0 Å². The minimum Gasteiger partial charge on any atom is -0.493 e. The number of aromatic nitrogens is 3. The summed E-state index contributed by atoms with van der Waals surface area (Å²) in [7, 11) is 3.31. The van der Waals surface area contributed by atoms with Crippen molar-refractivity contribution in [1.29, 1.82) is 0 Å². The number of benzene rings is 3. The highest BCUT2D eigenvalue weighted by molar-refractivity contribution is 5.92. The molecule has 1 aliphatic heterocycles. The van der Waals surface area contributed by atoms with E-state index in [1.807, 2.05) is 48.5 Å². The Balaban J connectivity index is 1.04. The van der Waals surface area contributed by atoms with Crippen molar-refractivity contribution in [3.63, 3.8) is 0 Å². The molecular weight excluding hydrogens is 526 g/mol. The lowest BCUT2D eigenvalue weighted by Gasteiger charge is -2.26. The van der Waals surface area contributed by atoms with Crippen LogP contribution in [0.1, 0.15) is 16.9 Å². The van der Waals surface area contributed by atoms with Crippen molar-refractivity contribution in [1.82, 2.24) is 19.9 Å². The van der Waals surface area contributed by atoms with Crippen LogP contribution in [0.15, 0.2) is 89.6 Å². The van der Waals surface area contributed by atoms with Gasteiger partial charge >= 0.3 is 0 Å². The standard InChI is InChI=1S/C34H31N5O3/c1-40-30-18-27-25-14-17-39(21-32(25)42-29(27)19-31(30)41-2)16-13-22-9-11-24(12-10-22)36-34-26-7-3-4-8-28(26)37-33(38-34)23-6-5-15-35-20-23/h3-12,15,18-20H,13-14,16-17,21H2,1-2H3,(H,36,37,38). The van der Waals surface area contributed by atoms with Crippen LogP contribution in [0.5, 0.6) is 11.5 Å². The van der Waals surface area contributed by atoms with Gasteiger partial charge in [0.15, 0.2) is 17.3 Å². The van der Waals surface area contributed by atoms with Crippen molar-refractivity contribution in [3.8, 4) is 22.9 Å². The molecule has 0 saturated carbocycles. The number of hydrogen-bond acceptors (Lipinski definition) is 8. The molecule has 0 radical (unpaired) electrons. The average molecular weight is 558 g/mol. The zero-order valence-corrected chi connectivity index (χ0v) is 23.6. The number of anilines is 2. The Hall–Kier alpha value is -4.95. The molecule has 0 unspecified atom stereocenters. The molecule has 42 heavy (non-hydrogen) atoms. The maximum absolute atomic E-state index is 6.25. The van der Waals surface area contributed by atoms with Gasteiger partial charge in [0.25, 0.3) is 0 Å². The molecule has 4 heterocycles. The molecule has 1 aliphatic rings. The molecule has 0 bridgehead atoms. The lowest BCUT2D eigenvalue weighted by molar-refractivity contribution is 0.234. The van der Waals surface area contributed by atoms with Crippen LogP contribution in [0, 0.1) is 0 Å². The minimum absolute atomic E-state index is 0.647. The first-order chi connectivity index (χ1) is 20.7. The normalized spacial score (nSPS) is 13.3. The molecule has 0 fully saturated rings. The van der Waals surface area contributed by atoms with Crippen molar-refractivity contribution < 1.29 is 13.9 Å². The molecule has 0 atom stereocenters. The fourth-order valence-corrected chi connectivity index (χ4v) is 5.64. The summed E-state index contributed by atoms with van der Waals surface area (Å²) in [6.07, 6.45) is 5.45. The van der Waals surface area contributed by atoms with Gasteiger partial charge in [-0.15, -0.1) is 0 Å². The molecule has 6 aromatic rings. The highest BCUT2D eigenvalue weighted by atomic mass is 16.5. The van der Waals surface area contributed by atoms with Crippen LogP contribution in [-0.4, -0.2) is 47.2 Å². The van der Waals surface area contributed by atoms with E-state index in [1.165, 1.54) is 11.1 Å². The molecule has 210 valence electrons. The third kappa shape index (κ3) is 5.01. The molecule has 3 aromatic carbocycles. The van der Waals surface area contributed by atoms with Crippen LogP contribution in [0.3, 0.4) is 0 Å². The Labute approximate surface area is 244 Å². The Bertz CT molecular complexity index is 1870. The van der Waals surface area contributed by atoms with Crippen LogP contribution in [0.25, 0.3) is 33.3 Å². The average Bonchev–Trinajstić information content (AvgIpc) is 3.40. The third-order valence-electron chi connectivity index (χ3n) is 7.88. The molecule has 8 nitrogen and oxygen atoms in total. The maximum atomic E-state index is 6.25. The second-order valence-electron chi connectivity index (χ2n) is 10.5. The van der Waals surface area contributed by atoms with Crippen LogP contribution in [0.4, 0.5) is 11.5 Å². The summed E-state index contributed by atoms with van der Waals surface area (Å²) in [4.78, 5) is 16.3. The molecule has 0 amide bonds. The summed E-state index contributed by atoms with van der Waals surface area (Å²) >= 11 is 0. The largest absolute Gasteiger partial charge is 0.493 e. The molecule has 0 saturated heterocycles. The molecule has 0 spiro atoms. The molecule has 3 aromatic heterocycles. The Kier molecular flexibility index (Phi) is 6.89. The number of pyridine rings is 1. The van der Waals surface area contributed by atoms with Gasteiger partial charge < -0.3 is 19.2 Å². The number of nitrogens with one attached hydrogen (secondary N) is 1. The van der Waals surface area contributed by atoms with Crippen molar-refractivity contribution in [2.45, 2.75) is 19.4 Å². The van der Waals surface area contributed by atoms with Gasteiger partial charge in [-0.3, -0.25) is 9.88 Å². The second-order valence-corrected chi connectivity index (χ2v) is 10.5. The summed E-state index contributed by atoms with van der Waals surface area (Å²) in [6.45, 7) is 2.75. The molecular formula is C34H31N5O3. The zero-order valence-electron chi connectivity index (χ0n) is 23.6. The van der Waals surface area contributed by atoms with Crippen LogP contribution in [0.2, 0.25) is 0 Å². The van der Waals surface area contributed by atoms with Gasteiger partial charge in [0, 0.05) is 59.1 Å². The number of para-hydroxylation sites is 1. The number of nitrogens with zero attached hydrogens (tertiary/aromatic N) is 4. The number of furan rings is 1. The number of methoxy groups -OCH3 is 2. The molecule has 1 N–H and O–H groups in total. The topological polar surface area (TPSA) is 85.5 Å². The first kappa shape index (κ1) is 26.0. The lowest BCUT2D eigenvalue weighted by atomic mass is 10.0. The number of rotatable bonds is 8. The van der Waals surface area contributed by atoms with E-state index in [0.29, 0.717) is 11.6 Å². The van der Waals surface area contributed by atoms with E-state index in [0.717, 1.165) is 82.9 Å². The summed E-state index contributed by atoms with van der Waals surface area (Å²) in [5, 5.41) is 5.61. The van der Waals surface area contributed by atoms with E-state index in [1.54, 1.807) is 26.6 Å². The Morgan fingerprint density at radius 2 is 1.74 bits per heavy atom. The van der Waals surface area contributed by atoms with Gasteiger partial charge in [0.1, 0.15) is 17.2 Å². The molecule has 7 rings (SSSR count). The van der Waals surface area contributed by atoms with E-state index >= 15 is 0 Å². The predicted molar refractivity (Wildman–Crippen MR) is 164 cm³/mol. The quantitative estimate of drug-likeness (QED) is 0.219. The van der Waals surface area contributed by atoms with Crippen LogP contribution in [-0.2, 0) is 19.4 Å². The summed E-state index contributed by atoms with van der Waals surface area (Å²) in [5.41, 5.74) is 6.17. The van der Waals surface area contributed by atoms with Gasteiger partial charge in [-0.2, -0.15) is 0 Å². The van der Waals surface area contributed by atoms with Gasteiger partial charge in [0.05, 0.1) is 26.3 Å². The van der Waals surface area contributed by atoms with Crippen molar-refractivity contribution in [2.75, 3.05) is 32.6 Å². The highest BCUT2D eigenvalue weighted by Gasteiger charge is 2.24. The van der Waals surface area contributed by atoms with Gasteiger partial charge in [-0.1, -0.05) is 24.3 Å². The van der Waals surface area contributed by atoms with Crippen LogP contribution >= 0.6 is 0 Å². The number of hydrogen-bond donors (Lipinski definition) is 1. The van der Waals surface area contributed by atoms with Crippen LogP contribution < -0.4 is 14.8 Å². The fourth-order valence-electron chi connectivity index (χ4n) is 5.64. The van der Waals surface area contributed by atoms with E-state index in [-0.39, 0.29) is 0 Å². The number of fused-ring (bicyclic) bond motifs is 4. The highest BCUT2D eigenvalue weighted by Crippen LogP contribution is 2.38. The van der Waals surface area contributed by atoms with Gasteiger partial charge in [-0.25, -0.2) is 9.97 Å². The third-order valence-corrected chi connectivity index (χ3v) is 7.88.